The van der Waals surface area contributed by atoms with Crippen LogP contribution in [0.5, 0.6) is 0 Å². The van der Waals surface area contributed by atoms with Gasteiger partial charge in [0, 0.05) is 44.1 Å². The fourth-order valence-electron chi connectivity index (χ4n) is 4.96. The van der Waals surface area contributed by atoms with E-state index >= 15 is 0 Å². The maximum atomic E-state index is 13.1. The Labute approximate surface area is 180 Å². The number of aromatic nitrogens is 4. The Morgan fingerprint density at radius 3 is 2.57 bits per heavy atom. The van der Waals surface area contributed by atoms with Gasteiger partial charge in [0.25, 0.3) is 5.91 Å². The van der Waals surface area contributed by atoms with Gasteiger partial charge in [0.2, 0.25) is 0 Å². The fraction of sp³-hybridized carbons (Fsp3) is 0.455. The number of likely N-dealkylation sites (tertiary alicyclic amines) is 2. The van der Waals surface area contributed by atoms with Crippen LogP contribution in [0.1, 0.15) is 43.5 Å². The van der Waals surface area contributed by atoms with Crippen molar-refractivity contribution < 1.29 is 4.79 Å². The molecule has 1 N–H and O–H groups in total. The minimum absolute atomic E-state index is 0.00666. The zero-order valence-electron chi connectivity index (χ0n) is 17.6. The van der Waals surface area contributed by atoms with Crippen molar-refractivity contribution in [2.75, 3.05) is 26.2 Å². The summed E-state index contributed by atoms with van der Waals surface area (Å²) in [7, 11) is 0. The third-order valence-electron chi connectivity index (χ3n) is 6.29. The molecule has 1 aromatic carbocycles. The van der Waals surface area contributed by atoms with E-state index in [4.69, 9.17) is 0 Å². The summed E-state index contributed by atoms with van der Waals surface area (Å²) in [5.41, 5.74) is 2.15. The number of carbonyl (C=O) groups excluding carboxylic acids is 1. The Bertz CT molecular complexity index is 1070. The topological polar surface area (TPSA) is 78.0 Å². The Hall–Kier alpha value is -2.58. The molecule has 0 aliphatic carbocycles. The molecule has 2 aliphatic rings. The minimum Gasteiger partial charge on any atom is -0.336 e. The number of amides is 1. The van der Waals surface area contributed by atoms with Gasteiger partial charge >= 0.3 is 0 Å². The number of hydrogen-bond donors (Lipinski definition) is 1. The van der Waals surface area contributed by atoms with Gasteiger partial charge in [-0.05, 0) is 26.3 Å². The molecule has 0 bridgehead atoms. The van der Waals surface area contributed by atoms with Gasteiger partial charge in [-0.1, -0.05) is 30.3 Å². The van der Waals surface area contributed by atoms with Crippen LogP contribution in [0.4, 0.5) is 0 Å². The maximum Gasteiger partial charge on any atom is 0.265 e. The quantitative estimate of drug-likeness (QED) is 0.699. The van der Waals surface area contributed by atoms with Gasteiger partial charge in [-0.15, -0.1) is 11.3 Å². The number of nitrogens with zero attached hydrogens (tertiary/aromatic N) is 5. The summed E-state index contributed by atoms with van der Waals surface area (Å²) in [5.74, 6) is 2.04. The molecule has 2 saturated heterocycles. The van der Waals surface area contributed by atoms with Crippen molar-refractivity contribution in [3.05, 3.63) is 63.1 Å². The van der Waals surface area contributed by atoms with Crippen LogP contribution in [0.25, 0.3) is 0 Å². The fourth-order valence-corrected chi connectivity index (χ4v) is 5.84. The second-order valence-corrected chi connectivity index (χ2v) is 9.86. The first kappa shape index (κ1) is 19.4. The minimum atomic E-state index is 0.00666. The van der Waals surface area contributed by atoms with Gasteiger partial charge in [-0.3, -0.25) is 14.8 Å². The van der Waals surface area contributed by atoms with Crippen molar-refractivity contribution in [3.63, 3.8) is 0 Å². The summed E-state index contributed by atoms with van der Waals surface area (Å²) in [5, 5.41) is 8.43. The predicted octanol–water partition coefficient (Wildman–Crippen LogP) is 2.93. The van der Waals surface area contributed by atoms with Gasteiger partial charge in [0.05, 0.1) is 10.7 Å². The molecule has 1 unspecified atom stereocenters. The summed E-state index contributed by atoms with van der Waals surface area (Å²) >= 11 is 1.49. The number of benzene rings is 1. The van der Waals surface area contributed by atoms with Crippen LogP contribution >= 0.6 is 11.3 Å². The number of rotatable bonds is 4. The number of nitrogens with one attached hydrogen (secondary N) is 1. The number of aromatic amines is 1. The molecule has 156 valence electrons. The van der Waals surface area contributed by atoms with E-state index in [1.54, 1.807) is 0 Å². The molecule has 3 aromatic rings. The average molecular weight is 423 g/mol. The Morgan fingerprint density at radius 1 is 1.17 bits per heavy atom. The van der Waals surface area contributed by atoms with E-state index in [-0.39, 0.29) is 17.2 Å². The summed E-state index contributed by atoms with van der Waals surface area (Å²) < 4.78 is 0. The third kappa shape index (κ3) is 3.33. The highest BCUT2D eigenvalue weighted by Crippen LogP contribution is 2.49. The van der Waals surface area contributed by atoms with E-state index in [9.17, 15) is 4.79 Å². The standard InChI is InChI=1S/C22H26N6OS/c1-14-19(30-16(3)23-14)21(29)28-12-22(13-28)11-27(9-17-7-5-4-6-8-17)10-18(22)20-24-15(2)25-26-20/h4-8,18H,9-13H2,1-3H3,(H,24,25,26). The highest BCUT2D eigenvalue weighted by molar-refractivity contribution is 7.13. The molecule has 30 heavy (non-hydrogen) atoms. The second-order valence-electron chi connectivity index (χ2n) is 8.66. The smallest absolute Gasteiger partial charge is 0.265 e. The first-order valence-corrected chi connectivity index (χ1v) is 11.1. The molecular formula is C22H26N6OS. The van der Waals surface area contributed by atoms with Gasteiger partial charge in [0.15, 0.2) is 5.82 Å². The number of H-pyrrole nitrogens is 1. The first-order chi connectivity index (χ1) is 14.4. The van der Waals surface area contributed by atoms with Crippen molar-refractivity contribution in [1.82, 2.24) is 30.0 Å². The summed E-state index contributed by atoms with van der Waals surface area (Å²) in [6, 6.07) is 10.6. The van der Waals surface area contributed by atoms with E-state index in [1.807, 2.05) is 31.7 Å². The van der Waals surface area contributed by atoms with E-state index in [2.05, 4.69) is 49.3 Å². The Kier molecular flexibility index (Phi) is 4.71. The monoisotopic (exact) mass is 422 g/mol. The normalized spacial score (nSPS) is 20.6. The van der Waals surface area contributed by atoms with Gasteiger partial charge in [-0.2, -0.15) is 5.10 Å². The summed E-state index contributed by atoms with van der Waals surface area (Å²) in [4.78, 5) is 27.4. The lowest BCUT2D eigenvalue weighted by molar-refractivity contribution is 0.00210. The van der Waals surface area contributed by atoms with Crippen LogP contribution in [0, 0.1) is 26.2 Å². The van der Waals surface area contributed by atoms with E-state index in [0.29, 0.717) is 0 Å². The van der Waals surface area contributed by atoms with Gasteiger partial charge in [0.1, 0.15) is 10.7 Å². The van der Waals surface area contributed by atoms with Crippen molar-refractivity contribution in [3.8, 4) is 0 Å². The molecule has 0 radical (unpaired) electrons. The Balaban J connectivity index is 1.36. The van der Waals surface area contributed by atoms with Crippen molar-refractivity contribution in [2.45, 2.75) is 33.2 Å². The lowest BCUT2D eigenvalue weighted by atomic mass is 9.71. The van der Waals surface area contributed by atoms with Crippen LogP contribution in [0.3, 0.4) is 0 Å². The predicted molar refractivity (Wildman–Crippen MR) is 116 cm³/mol. The lowest BCUT2D eigenvalue weighted by Gasteiger charge is -2.50. The molecule has 2 fully saturated rings. The molecule has 4 heterocycles. The number of thiazole rings is 1. The highest BCUT2D eigenvalue weighted by Gasteiger charge is 2.57. The van der Waals surface area contributed by atoms with E-state index in [1.165, 1.54) is 16.9 Å². The highest BCUT2D eigenvalue weighted by atomic mass is 32.1. The average Bonchev–Trinajstić information content (AvgIpc) is 3.37. The molecule has 0 saturated carbocycles. The number of hydrogen-bond acceptors (Lipinski definition) is 6. The Morgan fingerprint density at radius 2 is 1.93 bits per heavy atom. The molecule has 1 atom stereocenters. The number of carbonyl (C=O) groups is 1. The lowest BCUT2D eigenvalue weighted by Crippen LogP contribution is -2.61. The molecular weight excluding hydrogens is 396 g/mol. The SMILES string of the molecule is Cc1nc(C2CN(Cc3ccccc3)CC23CN(C(=O)c2sc(C)nc2C)C3)n[nH]1. The van der Waals surface area contributed by atoms with Gasteiger partial charge < -0.3 is 4.90 Å². The maximum absolute atomic E-state index is 13.1. The van der Waals surface area contributed by atoms with Crippen molar-refractivity contribution >= 4 is 17.2 Å². The molecule has 8 heteroatoms. The zero-order valence-corrected chi connectivity index (χ0v) is 18.4. The van der Waals surface area contributed by atoms with E-state index < -0.39 is 0 Å². The zero-order chi connectivity index (χ0) is 20.9. The largest absolute Gasteiger partial charge is 0.336 e. The van der Waals surface area contributed by atoms with Crippen LogP contribution in [-0.4, -0.2) is 62.1 Å². The first-order valence-electron chi connectivity index (χ1n) is 10.3. The molecule has 2 aromatic heterocycles. The molecule has 1 amide bonds. The molecule has 7 nitrogen and oxygen atoms in total. The van der Waals surface area contributed by atoms with Crippen molar-refractivity contribution in [2.24, 2.45) is 5.41 Å². The third-order valence-corrected chi connectivity index (χ3v) is 7.35. The molecule has 2 aliphatic heterocycles. The molecule has 5 rings (SSSR count). The second kappa shape index (κ2) is 7.28. The summed E-state index contributed by atoms with van der Waals surface area (Å²) in [6.45, 7) is 10.1. The van der Waals surface area contributed by atoms with Crippen LogP contribution in [-0.2, 0) is 6.54 Å². The van der Waals surface area contributed by atoms with Crippen LogP contribution < -0.4 is 0 Å². The summed E-state index contributed by atoms with van der Waals surface area (Å²) in [6.07, 6.45) is 0. The number of aryl methyl sites for hydroxylation is 3. The molecule has 1 spiro atoms. The van der Waals surface area contributed by atoms with E-state index in [0.717, 1.165) is 60.0 Å². The van der Waals surface area contributed by atoms with Gasteiger partial charge in [-0.25, -0.2) is 9.97 Å². The van der Waals surface area contributed by atoms with Crippen LogP contribution in [0.2, 0.25) is 0 Å². The van der Waals surface area contributed by atoms with Crippen molar-refractivity contribution in [1.29, 1.82) is 0 Å². The van der Waals surface area contributed by atoms with Crippen LogP contribution in [0.15, 0.2) is 30.3 Å².